The smallest absolute Gasteiger partial charge is 0.361 e. The Bertz CT molecular complexity index is 1450. The van der Waals surface area contributed by atoms with Gasteiger partial charge >= 0.3 is 6.18 Å². The summed E-state index contributed by atoms with van der Waals surface area (Å²) in [6.45, 7) is 2.01. The highest BCUT2D eigenvalue weighted by molar-refractivity contribution is 9.10. The van der Waals surface area contributed by atoms with E-state index in [1.54, 1.807) is 12.1 Å². The van der Waals surface area contributed by atoms with Gasteiger partial charge in [0.05, 0.1) is 5.56 Å². The van der Waals surface area contributed by atoms with Crippen molar-refractivity contribution in [2.24, 2.45) is 0 Å². The van der Waals surface area contributed by atoms with Gasteiger partial charge < -0.3 is 9.97 Å². The van der Waals surface area contributed by atoms with Crippen molar-refractivity contribution >= 4 is 53.7 Å². The van der Waals surface area contributed by atoms with Crippen LogP contribution in [0.1, 0.15) is 33.9 Å². The number of benzene rings is 3. The van der Waals surface area contributed by atoms with Crippen molar-refractivity contribution < 1.29 is 13.2 Å². The van der Waals surface area contributed by atoms with Crippen molar-refractivity contribution in [2.75, 3.05) is 0 Å². The molecule has 0 radical (unpaired) electrons. The van der Waals surface area contributed by atoms with Crippen molar-refractivity contribution in [1.29, 1.82) is 0 Å². The third kappa shape index (κ3) is 3.67. The number of aryl methyl sites for hydroxylation is 1. The van der Waals surface area contributed by atoms with Gasteiger partial charge in [-0.25, -0.2) is 0 Å². The first kappa shape index (κ1) is 21.3. The number of aromatic amines is 2. The van der Waals surface area contributed by atoms with Crippen LogP contribution >= 0.6 is 31.9 Å². The summed E-state index contributed by atoms with van der Waals surface area (Å²) in [5, 5.41) is 2.05. The van der Waals surface area contributed by atoms with Gasteiger partial charge in [-0.05, 0) is 72.1 Å². The molecule has 0 spiro atoms. The van der Waals surface area contributed by atoms with Gasteiger partial charge in [-0.1, -0.05) is 44.0 Å². The van der Waals surface area contributed by atoms with E-state index in [1.807, 2.05) is 43.5 Å². The zero-order valence-electron chi connectivity index (χ0n) is 16.8. The highest BCUT2D eigenvalue weighted by Gasteiger charge is 2.31. The van der Waals surface area contributed by atoms with Gasteiger partial charge in [-0.15, -0.1) is 0 Å². The molecule has 0 saturated heterocycles. The molecule has 32 heavy (non-hydrogen) atoms. The minimum absolute atomic E-state index is 0.261. The van der Waals surface area contributed by atoms with Crippen LogP contribution in [0.4, 0.5) is 13.2 Å². The third-order valence-electron chi connectivity index (χ3n) is 5.84. The molecule has 1 unspecified atom stereocenters. The second-order valence-corrected chi connectivity index (χ2v) is 9.67. The first-order chi connectivity index (χ1) is 15.2. The summed E-state index contributed by atoms with van der Waals surface area (Å²) in [5.74, 6) is -0.261. The van der Waals surface area contributed by atoms with Crippen LogP contribution in [0.15, 0.2) is 75.8 Å². The summed E-state index contributed by atoms with van der Waals surface area (Å²) in [5.41, 5.74) is 5.12. The second kappa shape index (κ2) is 7.81. The Kier molecular flexibility index (Phi) is 5.21. The Morgan fingerprint density at radius 2 is 1.44 bits per heavy atom. The number of fused-ring (bicyclic) bond motifs is 2. The van der Waals surface area contributed by atoms with Gasteiger partial charge in [0.25, 0.3) is 0 Å². The molecule has 0 aliphatic heterocycles. The van der Waals surface area contributed by atoms with E-state index in [1.165, 1.54) is 0 Å². The largest absolute Gasteiger partial charge is 0.416 e. The minimum atomic E-state index is -4.37. The number of halogens is 5. The molecular weight excluding hydrogens is 545 g/mol. The van der Waals surface area contributed by atoms with Gasteiger partial charge in [0, 0.05) is 48.6 Å². The summed E-state index contributed by atoms with van der Waals surface area (Å²) >= 11 is 7.11. The fourth-order valence-electron chi connectivity index (χ4n) is 4.41. The van der Waals surface area contributed by atoms with Crippen LogP contribution in [0.2, 0.25) is 0 Å². The van der Waals surface area contributed by atoms with Crippen molar-refractivity contribution in [3.63, 3.8) is 0 Å². The van der Waals surface area contributed by atoms with Crippen LogP contribution in [0.25, 0.3) is 21.8 Å². The standard InChI is InChI=1S/C25H17Br2F3N2/c1-13-23(19-11-17(27)7-9-22(19)32-13)24(14-2-4-15(5-3-14)25(28,29)30)20-12-31-21-8-6-16(26)10-18(20)21/h2-12,24,31-32H,1H3. The minimum Gasteiger partial charge on any atom is -0.361 e. The van der Waals surface area contributed by atoms with E-state index in [2.05, 4.69) is 47.9 Å². The Hall–Kier alpha value is -2.51. The Morgan fingerprint density at radius 3 is 2.09 bits per heavy atom. The van der Waals surface area contributed by atoms with E-state index in [0.717, 1.165) is 65.3 Å². The first-order valence-electron chi connectivity index (χ1n) is 9.94. The van der Waals surface area contributed by atoms with Gasteiger partial charge in [0.2, 0.25) is 0 Å². The summed E-state index contributed by atoms with van der Waals surface area (Å²) in [6, 6.07) is 17.5. The van der Waals surface area contributed by atoms with Crippen molar-refractivity contribution in [1.82, 2.24) is 9.97 Å². The maximum absolute atomic E-state index is 13.2. The number of nitrogens with one attached hydrogen (secondary N) is 2. The van der Waals surface area contributed by atoms with Crippen LogP contribution in [-0.2, 0) is 6.18 Å². The number of H-pyrrole nitrogens is 2. The van der Waals surface area contributed by atoms with Crippen LogP contribution in [-0.4, -0.2) is 9.97 Å². The Labute approximate surface area is 199 Å². The van der Waals surface area contributed by atoms with Crippen LogP contribution in [0.5, 0.6) is 0 Å². The Morgan fingerprint density at radius 1 is 0.812 bits per heavy atom. The first-order valence-corrected chi connectivity index (χ1v) is 11.5. The maximum Gasteiger partial charge on any atom is 0.416 e. The van der Waals surface area contributed by atoms with E-state index in [-0.39, 0.29) is 5.92 Å². The predicted octanol–water partition coefficient (Wildman–Crippen LogP) is 8.68. The van der Waals surface area contributed by atoms with E-state index in [9.17, 15) is 13.2 Å². The maximum atomic E-state index is 13.2. The molecule has 0 bridgehead atoms. The second-order valence-electron chi connectivity index (χ2n) is 7.84. The normalized spacial score (nSPS) is 13.2. The number of aromatic nitrogens is 2. The number of rotatable bonds is 3. The molecule has 0 amide bonds. The molecule has 2 aromatic heterocycles. The Balaban J connectivity index is 1.80. The SMILES string of the molecule is Cc1[nH]c2ccc(Br)cc2c1C(c1ccc(C(F)(F)F)cc1)c1c[nH]c2ccc(Br)cc12. The average Bonchev–Trinajstić information content (AvgIpc) is 3.29. The zero-order valence-corrected chi connectivity index (χ0v) is 20.0. The lowest BCUT2D eigenvalue weighted by Gasteiger charge is -2.20. The zero-order chi connectivity index (χ0) is 22.6. The molecule has 1 atom stereocenters. The molecule has 0 fully saturated rings. The fraction of sp³-hybridized carbons (Fsp3) is 0.120. The molecule has 2 heterocycles. The lowest BCUT2D eigenvalue weighted by Crippen LogP contribution is -2.07. The molecular formula is C25H17Br2F3N2. The van der Waals surface area contributed by atoms with Gasteiger partial charge in [-0.3, -0.25) is 0 Å². The number of hydrogen-bond acceptors (Lipinski definition) is 0. The molecule has 2 nitrogen and oxygen atoms in total. The number of alkyl halides is 3. The summed E-state index contributed by atoms with van der Waals surface area (Å²) < 4.78 is 41.5. The van der Waals surface area contributed by atoms with Gasteiger partial charge in [0.1, 0.15) is 0 Å². The van der Waals surface area contributed by atoms with Crippen LogP contribution in [0.3, 0.4) is 0 Å². The van der Waals surface area contributed by atoms with E-state index < -0.39 is 11.7 Å². The molecule has 5 aromatic rings. The average molecular weight is 562 g/mol. The summed E-state index contributed by atoms with van der Waals surface area (Å²) in [6.07, 6.45) is -2.42. The molecule has 5 rings (SSSR count). The third-order valence-corrected chi connectivity index (χ3v) is 6.83. The predicted molar refractivity (Wildman–Crippen MR) is 129 cm³/mol. The van der Waals surface area contributed by atoms with Crippen molar-refractivity contribution in [3.8, 4) is 0 Å². The molecule has 3 aromatic carbocycles. The molecule has 0 aliphatic rings. The van der Waals surface area contributed by atoms with E-state index in [4.69, 9.17) is 0 Å². The van der Waals surface area contributed by atoms with Crippen LogP contribution in [0, 0.1) is 6.92 Å². The highest BCUT2D eigenvalue weighted by atomic mass is 79.9. The molecule has 0 aliphatic carbocycles. The van der Waals surface area contributed by atoms with E-state index >= 15 is 0 Å². The summed E-state index contributed by atoms with van der Waals surface area (Å²) in [7, 11) is 0. The molecule has 2 N–H and O–H groups in total. The number of hydrogen-bond donors (Lipinski definition) is 2. The van der Waals surface area contributed by atoms with E-state index in [0.29, 0.717) is 0 Å². The molecule has 7 heteroatoms. The molecule has 0 saturated carbocycles. The topological polar surface area (TPSA) is 31.6 Å². The van der Waals surface area contributed by atoms with Crippen molar-refractivity contribution in [2.45, 2.75) is 19.0 Å². The monoisotopic (exact) mass is 560 g/mol. The summed E-state index contributed by atoms with van der Waals surface area (Å²) in [4.78, 5) is 6.76. The van der Waals surface area contributed by atoms with Crippen LogP contribution < -0.4 is 0 Å². The lowest BCUT2D eigenvalue weighted by atomic mass is 9.83. The quantitative estimate of drug-likeness (QED) is 0.221. The van der Waals surface area contributed by atoms with Gasteiger partial charge in [0.15, 0.2) is 0 Å². The fourth-order valence-corrected chi connectivity index (χ4v) is 5.13. The molecule has 162 valence electrons. The van der Waals surface area contributed by atoms with Crippen molar-refractivity contribution in [3.05, 3.63) is 104 Å². The van der Waals surface area contributed by atoms with Gasteiger partial charge in [-0.2, -0.15) is 13.2 Å². The lowest BCUT2D eigenvalue weighted by molar-refractivity contribution is -0.137. The highest BCUT2D eigenvalue weighted by Crippen LogP contribution is 2.42.